The average molecular weight is 412 g/mol. The van der Waals surface area contributed by atoms with E-state index in [0.717, 1.165) is 43.1 Å². The van der Waals surface area contributed by atoms with Crippen molar-refractivity contribution in [3.05, 3.63) is 65.7 Å². The van der Waals surface area contributed by atoms with Crippen LogP contribution in [0.15, 0.2) is 54.6 Å². The van der Waals surface area contributed by atoms with Crippen LogP contribution in [0.2, 0.25) is 0 Å². The van der Waals surface area contributed by atoms with Crippen LogP contribution in [0.4, 0.5) is 5.69 Å². The molecule has 0 aliphatic carbocycles. The predicted molar refractivity (Wildman–Crippen MR) is 114 cm³/mol. The topological polar surface area (TPSA) is 67.6 Å². The van der Waals surface area contributed by atoms with Gasteiger partial charge in [-0.3, -0.25) is 4.79 Å². The van der Waals surface area contributed by atoms with Crippen molar-refractivity contribution in [3.8, 4) is 0 Å². The van der Waals surface area contributed by atoms with Crippen LogP contribution in [0.25, 0.3) is 0 Å². The number of nitrogens with two attached hydrogens (primary N) is 1. The van der Waals surface area contributed by atoms with Crippen molar-refractivity contribution in [1.82, 2.24) is 5.32 Å². The summed E-state index contributed by atoms with van der Waals surface area (Å²) >= 11 is 0. The SMILES string of the molecule is CC(N)(C(=O)NCc1ccccc1N1CCOCC1)c1ccccc1.Cl.Cl. The number of nitrogens with one attached hydrogen (secondary N) is 1. The van der Waals surface area contributed by atoms with Crippen LogP contribution in [0, 0.1) is 0 Å². The van der Waals surface area contributed by atoms with Crippen LogP contribution in [-0.4, -0.2) is 32.2 Å². The van der Waals surface area contributed by atoms with Gasteiger partial charge in [-0.05, 0) is 24.1 Å². The number of benzene rings is 2. The van der Waals surface area contributed by atoms with Crippen molar-refractivity contribution in [2.75, 3.05) is 31.2 Å². The highest BCUT2D eigenvalue weighted by atomic mass is 35.5. The third-order valence-electron chi connectivity index (χ3n) is 4.63. The Kier molecular flexibility index (Phi) is 9.06. The van der Waals surface area contributed by atoms with E-state index in [1.54, 1.807) is 6.92 Å². The van der Waals surface area contributed by atoms with E-state index in [4.69, 9.17) is 10.5 Å². The molecule has 0 bridgehead atoms. The van der Waals surface area contributed by atoms with Crippen LogP contribution in [-0.2, 0) is 21.6 Å². The fourth-order valence-electron chi connectivity index (χ4n) is 3.05. The molecular weight excluding hydrogens is 385 g/mol. The molecule has 5 nitrogen and oxygen atoms in total. The molecule has 1 unspecified atom stereocenters. The third kappa shape index (κ3) is 5.59. The number of rotatable bonds is 5. The average Bonchev–Trinajstić information content (AvgIpc) is 2.67. The molecule has 3 rings (SSSR count). The molecule has 1 heterocycles. The first-order chi connectivity index (χ1) is 12.1. The maximum atomic E-state index is 12.7. The standard InChI is InChI=1S/C20H25N3O2.2ClH/c1-20(21,17-8-3-2-4-9-17)19(24)22-15-16-7-5-6-10-18(16)23-11-13-25-14-12-23;;/h2-10H,11-15,21H2,1H3,(H,22,24);2*1H. The molecule has 1 atom stereocenters. The van der Waals surface area contributed by atoms with Gasteiger partial charge in [0.1, 0.15) is 5.54 Å². The highest BCUT2D eigenvalue weighted by Crippen LogP contribution is 2.22. The molecule has 148 valence electrons. The molecule has 7 heteroatoms. The quantitative estimate of drug-likeness (QED) is 0.793. The van der Waals surface area contributed by atoms with Gasteiger partial charge in [-0.15, -0.1) is 24.8 Å². The molecule has 2 aromatic carbocycles. The van der Waals surface area contributed by atoms with E-state index < -0.39 is 5.54 Å². The summed E-state index contributed by atoms with van der Waals surface area (Å²) < 4.78 is 5.43. The number of amides is 1. The van der Waals surface area contributed by atoms with Crippen LogP contribution in [0.1, 0.15) is 18.1 Å². The summed E-state index contributed by atoms with van der Waals surface area (Å²) in [4.78, 5) is 15.0. The summed E-state index contributed by atoms with van der Waals surface area (Å²) in [6, 6.07) is 17.6. The number of nitrogens with zero attached hydrogens (tertiary/aromatic N) is 1. The van der Waals surface area contributed by atoms with Crippen molar-refractivity contribution in [1.29, 1.82) is 0 Å². The molecular formula is C20H27Cl2N3O2. The van der Waals surface area contributed by atoms with E-state index in [-0.39, 0.29) is 30.7 Å². The van der Waals surface area contributed by atoms with Gasteiger partial charge in [-0.2, -0.15) is 0 Å². The zero-order valence-corrected chi connectivity index (χ0v) is 17.0. The number of hydrogen-bond acceptors (Lipinski definition) is 4. The maximum Gasteiger partial charge on any atom is 0.244 e. The molecule has 27 heavy (non-hydrogen) atoms. The molecule has 1 aliphatic rings. The summed E-state index contributed by atoms with van der Waals surface area (Å²) in [5.41, 5.74) is 8.26. The van der Waals surface area contributed by atoms with Crippen molar-refractivity contribution in [3.63, 3.8) is 0 Å². The first-order valence-corrected chi connectivity index (χ1v) is 8.62. The van der Waals surface area contributed by atoms with Crippen LogP contribution in [0.5, 0.6) is 0 Å². The minimum absolute atomic E-state index is 0. The summed E-state index contributed by atoms with van der Waals surface area (Å²) in [6.45, 7) is 5.38. The second kappa shape index (κ2) is 10.5. The lowest BCUT2D eigenvalue weighted by atomic mass is 9.92. The van der Waals surface area contributed by atoms with Gasteiger partial charge in [0.15, 0.2) is 0 Å². The third-order valence-corrected chi connectivity index (χ3v) is 4.63. The molecule has 0 saturated carbocycles. The van der Waals surface area contributed by atoms with E-state index in [1.165, 1.54) is 0 Å². The lowest BCUT2D eigenvalue weighted by molar-refractivity contribution is -0.126. The number of anilines is 1. The molecule has 1 fully saturated rings. The van der Waals surface area contributed by atoms with Gasteiger partial charge in [-0.25, -0.2) is 0 Å². The minimum Gasteiger partial charge on any atom is -0.378 e. The van der Waals surface area contributed by atoms with Crippen molar-refractivity contribution < 1.29 is 9.53 Å². The molecule has 3 N–H and O–H groups in total. The van der Waals surface area contributed by atoms with E-state index in [0.29, 0.717) is 6.54 Å². The van der Waals surface area contributed by atoms with Crippen LogP contribution >= 0.6 is 24.8 Å². The Morgan fingerprint density at radius 1 is 1.07 bits per heavy atom. The Morgan fingerprint density at radius 2 is 1.67 bits per heavy atom. The number of carbonyl (C=O) groups excluding carboxylic acids is 1. The molecule has 1 aliphatic heterocycles. The van der Waals surface area contributed by atoms with Crippen molar-refractivity contribution >= 4 is 36.4 Å². The first kappa shape index (κ1) is 23.2. The lowest BCUT2D eigenvalue weighted by Crippen LogP contribution is -2.48. The Balaban J connectivity index is 0.00000182. The van der Waals surface area contributed by atoms with Gasteiger partial charge >= 0.3 is 0 Å². The maximum absolute atomic E-state index is 12.7. The molecule has 2 aromatic rings. The summed E-state index contributed by atoms with van der Waals surface area (Å²) in [5, 5.41) is 3.00. The van der Waals surface area contributed by atoms with Crippen molar-refractivity contribution in [2.45, 2.75) is 19.0 Å². The largest absolute Gasteiger partial charge is 0.378 e. The van der Waals surface area contributed by atoms with Gasteiger partial charge < -0.3 is 20.7 Å². The number of hydrogen-bond donors (Lipinski definition) is 2. The van der Waals surface area contributed by atoms with E-state index >= 15 is 0 Å². The van der Waals surface area contributed by atoms with Crippen LogP contribution in [0.3, 0.4) is 0 Å². The second-order valence-corrected chi connectivity index (χ2v) is 6.48. The van der Waals surface area contributed by atoms with Gasteiger partial charge in [0.2, 0.25) is 5.91 Å². The number of morpholine rings is 1. The number of halogens is 2. The van der Waals surface area contributed by atoms with Gasteiger partial charge in [-0.1, -0.05) is 48.5 Å². The fourth-order valence-corrected chi connectivity index (χ4v) is 3.05. The van der Waals surface area contributed by atoms with E-state index in [2.05, 4.69) is 16.3 Å². The van der Waals surface area contributed by atoms with Gasteiger partial charge in [0, 0.05) is 25.3 Å². The van der Waals surface area contributed by atoms with Crippen LogP contribution < -0.4 is 16.0 Å². The number of para-hydroxylation sites is 1. The smallest absolute Gasteiger partial charge is 0.244 e. The predicted octanol–water partition coefficient (Wildman–Crippen LogP) is 2.86. The van der Waals surface area contributed by atoms with Gasteiger partial charge in [0.05, 0.1) is 13.2 Å². The molecule has 1 amide bonds. The summed E-state index contributed by atoms with van der Waals surface area (Å²) in [5.74, 6) is -0.185. The summed E-state index contributed by atoms with van der Waals surface area (Å²) in [7, 11) is 0. The Hall–Kier alpha value is -1.79. The highest BCUT2D eigenvalue weighted by molar-refractivity contribution is 5.87. The Morgan fingerprint density at radius 3 is 2.33 bits per heavy atom. The minimum atomic E-state index is -1.06. The fraction of sp³-hybridized carbons (Fsp3) is 0.350. The zero-order valence-electron chi connectivity index (χ0n) is 15.4. The van der Waals surface area contributed by atoms with E-state index in [9.17, 15) is 4.79 Å². The molecule has 1 saturated heterocycles. The van der Waals surface area contributed by atoms with Crippen molar-refractivity contribution in [2.24, 2.45) is 5.73 Å². The number of ether oxygens (including phenoxy) is 1. The van der Waals surface area contributed by atoms with E-state index in [1.807, 2.05) is 48.5 Å². The summed E-state index contributed by atoms with van der Waals surface area (Å²) in [6.07, 6.45) is 0. The van der Waals surface area contributed by atoms with Gasteiger partial charge in [0.25, 0.3) is 0 Å². The highest BCUT2D eigenvalue weighted by Gasteiger charge is 2.30. The molecule has 0 aromatic heterocycles. The normalized spacial score (nSPS) is 15.7. The lowest BCUT2D eigenvalue weighted by Gasteiger charge is -2.31. The molecule has 0 spiro atoms. The second-order valence-electron chi connectivity index (χ2n) is 6.48. The first-order valence-electron chi connectivity index (χ1n) is 8.62. The Labute approximate surface area is 173 Å². The molecule has 0 radical (unpaired) electrons. The zero-order chi connectivity index (χ0) is 17.7. The monoisotopic (exact) mass is 411 g/mol. The number of carbonyl (C=O) groups is 1. The Bertz CT molecular complexity index is 720.